The normalized spacial score (nSPS) is 10.5. The van der Waals surface area contributed by atoms with Crippen molar-refractivity contribution in [3.8, 4) is 5.75 Å². The van der Waals surface area contributed by atoms with Crippen molar-refractivity contribution in [3.05, 3.63) is 80.9 Å². The fourth-order valence-corrected chi connectivity index (χ4v) is 2.77. The van der Waals surface area contributed by atoms with Gasteiger partial charge in [0.15, 0.2) is 0 Å². The molecule has 26 heavy (non-hydrogen) atoms. The number of nitrogens with one attached hydrogen (secondary N) is 1. The quantitative estimate of drug-likeness (QED) is 0.535. The van der Waals surface area contributed by atoms with Crippen LogP contribution in [-0.2, 0) is 6.54 Å². The van der Waals surface area contributed by atoms with Gasteiger partial charge >= 0.3 is 0 Å². The lowest BCUT2D eigenvalue weighted by Crippen LogP contribution is -2.22. The Balaban J connectivity index is 1.74. The van der Waals surface area contributed by atoms with Crippen LogP contribution in [0, 0.1) is 10.1 Å². The van der Waals surface area contributed by atoms with Gasteiger partial charge in [0.05, 0.1) is 12.0 Å². The Morgan fingerprint density at radius 3 is 2.58 bits per heavy atom. The summed E-state index contributed by atoms with van der Waals surface area (Å²) in [5, 5.41) is 15.7. The number of nitro groups is 1. The molecule has 7 heteroatoms. The van der Waals surface area contributed by atoms with Gasteiger partial charge in [-0.2, -0.15) is 0 Å². The van der Waals surface area contributed by atoms with Crippen LogP contribution in [-0.4, -0.2) is 17.9 Å². The van der Waals surface area contributed by atoms with E-state index in [1.54, 1.807) is 7.11 Å². The molecule has 3 aromatic rings. The van der Waals surface area contributed by atoms with Gasteiger partial charge in [-0.25, -0.2) is 0 Å². The lowest BCUT2D eigenvalue weighted by molar-refractivity contribution is -0.384. The Hall–Kier alpha value is -3.12. The molecular formula is C19H15ClN2O4. The van der Waals surface area contributed by atoms with Crippen LogP contribution >= 0.6 is 11.6 Å². The summed E-state index contributed by atoms with van der Waals surface area (Å²) in [6.07, 6.45) is 0. The van der Waals surface area contributed by atoms with Crippen molar-refractivity contribution in [2.24, 2.45) is 0 Å². The summed E-state index contributed by atoms with van der Waals surface area (Å²) in [5.74, 6) is 0.377. The lowest BCUT2D eigenvalue weighted by Gasteiger charge is -2.08. The number of benzene rings is 3. The Labute approximate surface area is 154 Å². The van der Waals surface area contributed by atoms with Gasteiger partial charge in [0.1, 0.15) is 10.8 Å². The van der Waals surface area contributed by atoms with E-state index in [0.717, 1.165) is 22.1 Å². The number of nitro benzene ring substituents is 1. The number of carbonyl (C=O) groups excluding carboxylic acids is 1. The van der Waals surface area contributed by atoms with Crippen molar-refractivity contribution < 1.29 is 14.5 Å². The number of ether oxygens (including phenoxy) is 1. The number of nitrogens with zero attached hydrogens (tertiary/aromatic N) is 1. The smallest absolute Gasteiger partial charge is 0.288 e. The number of methoxy groups -OCH3 is 1. The number of fused-ring (bicyclic) bond motifs is 1. The van der Waals surface area contributed by atoms with Crippen LogP contribution < -0.4 is 10.1 Å². The summed E-state index contributed by atoms with van der Waals surface area (Å²) in [6, 6.07) is 15.6. The van der Waals surface area contributed by atoms with Gasteiger partial charge in [-0.3, -0.25) is 14.9 Å². The van der Waals surface area contributed by atoms with Crippen molar-refractivity contribution in [2.75, 3.05) is 7.11 Å². The summed E-state index contributed by atoms with van der Waals surface area (Å²) in [6.45, 7) is 0.303. The molecule has 0 aromatic heterocycles. The van der Waals surface area contributed by atoms with E-state index in [1.807, 2.05) is 36.4 Å². The molecule has 0 spiro atoms. The van der Waals surface area contributed by atoms with Crippen molar-refractivity contribution in [3.63, 3.8) is 0 Å². The molecule has 0 aliphatic heterocycles. The highest BCUT2D eigenvalue weighted by Crippen LogP contribution is 2.25. The fraction of sp³-hybridized carbons (Fsp3) is 0.105. The van der Waals surface area contributed by atoms with Crippen LogP contribution in [0.5, 0.6) is 5.75 Å². The van der Waals surface area contributed by atoms with E-state index in [-0.39, 0.29) is 16.3 Å². The van der Waals surface area contributed by atoms with Gasteiger partial charge in [0, 0.05) is 18.2 Å². The van der Waals surface area contributed by atoms with Gasteiger partial charge in [-0.05, 0) is 46.7 Å². The Morgan fingerprint density at radius 1 is 1.12 bits per heavy atom. The zero-order valence-corrected chi connectivity index (χ0v) is 14.6. The van der Waals surface area contributed by atoms with Crippen LogP contribution in [0.4, 0.5) is 5.69 Å². The van der Waals surface area contributed by atoms with E-state index in [4.69, 9.17) is 16.3 Å². The second-order valence-electron chi connectivity index (χ2n) is 5.65. The Kier molecular flexibility index (Phi) is 5.04. The molecule has 1 N–H and O–H groups in total. The highest BCUT2D eigenvalue weighted by molar-refractivity contribution is 6.32. The summed E-state index contributed by atoms with van der Waals surface area (Å²) in [5.41, 5.74) is 0.810. The number of hydrogen-bond donors (Lipinski definition) is 1. The first-order valence-corrected chi connectivity index (χ1v) is 8.14. The maximum atomic E-state index is 12.3. The van der Waals surface area contributed by atoms with Crippen molar-refractivity contribution >= 4 is 34.0 Å². The number of halogens is 1. The van der Waals surface area contributed by atoms with Crippen LogP contribution in [0.25, 0.3) is 10.8 Å². The first-order valence-electron chi connectivity index (χ1n) is 7.77. The largest absolute Gasteiger partial charge is 0.497 e. The molecule has 3 rings (SSSR count). The standard InChI is InChI=1S/C19H15ClN2O4/c1-26-16-6-4-13-8-12(2-3-14(13)9-16)11-21-19(23)15-5-7-17(20)18(10-15)22(24)25/h2-10H,11H2,1H3,(H,21,23). The highest BCUT2D eigenvalue weighted by atomic mass is 35.5. The second-order valence-corrected chi connectivity index (χ2v) is 6.06. The number of carbonyl (C=O) groups is 1. The summed E-state index contributed by atoms with van der Waals surface area (Å²) in [7, 11) is 1.62. The zero-order chi connectivity index (χ0) is 18.7. The minimum Gasteiger partial charge on any atom is -0.497 e. The second kappa shape index (κ2) is 7.41. The molecule has 0 fully saturated rings. The van der Waals surface area contributed by atoms with E-state index in [2.05, 4.69) is 5.32 Å². The molecule has 0 atom stereocenters. The third kappa shape index (κ3) is 3.75. The number of hydrogen-bond acceptors (Lipinski definition) is 4. The van der Waals surface area contributed by atoms with Gasteiger partial charge < -0.3 is 10.1 Å². The predicted molar refractivity (Wildman–Crippen MR) is 99.8 cm³/mol. The zero-order valence-electron chi connectivity index (χ0n) is 13.9. The molecule has 3 aromatic carbocycles. The molecule has 0 saturated heterocycles. The van der Waals surface area contributed by atoms with Gasteiger partial charge in [0.2, 0.25) is 0 Å². The maximum absolute atomic E-state index is 12.3. The molecule has 0 aliphatic carbocycles. The first-order chi connectivity index (χ1) is 12.5. The molecular weight excluding hydrogens is 356 g/mol. The molecule has 0 saturated carbocycles. The first kappa shape index (κ1) is 17.7. The van der Waals surface area contributed by atoms with Crippen LogP contribution in [0.1, 0.15) is 15.9 Å². The number of rotatable bonds is 5. The van der Waals surface area contributed by atoms with Gasteiger partial charge in [-0.15, -0.1) is 0 Å². The number of amides is 1. The summed E-state index contributed by atoms with van der Waals surface area (Å²) >= 11 is 5.76. The molecule has 0 radical (unpaired) electrons. The van der Waals surface area contributed by atoms with Gasteiger partial charge in [0.25, 0.3) is 11.6 Å². The lowest BCUT2D eigenvalue weighted by atomic mass is 10.1. The van der Waals surface area contributed by atoms with Gasteiger partial charge in [-0.1, -0.05) is 29.8 Å². The van der Waals surface area contributed by atoms with Crippen molar-refractivity contribution in [2.45, 2.75) is 6.54 Å². The average Bonchev–Trinajstić information content (AvgIpc) is 2.65. The molecule has 0 aliphatic rings. The minimum absolute atomic E-state index is 0.00323. The Morgan fingerprint density at radius 2 is 1.85 bits per heavy atom. The van der Waals surface area contributed by atoms with Crippen molar-refractivity contribution in [1.29, 1.82) is 0 Å². The maximum Gasteiger partial charge on any atom is 0.288 e. The fourth-order valence-electron chi connectivity index (χ4n) is 2.59. The molecule has 132 valence electrons. The third-order valence-electron chi connectivity index (χ3n) is 3.97. The van der Waals surface area contributed by atoms with E-state index in [1.165, 1.54) is 18.2 Å². The van der Waals surface area contributed by atoms with E-state index in [0.29, 0.717) is 6.54 Å². The van der Waals surface area contributed by atoms with Crippen LogP contribution in [0.3, 0.4) is 0 Å². The molecule has 0 bridgehead atoms. The monoisotopic (exact) mass is 370 g/mol. The van der Waals surface area contributed by atoms with Crippen molar-refractivity contribution in [1.82, 2.24) is 5.32 Å². The van der Waals surface area contributed by atoms with E-state index >= 15 is 0 Å². The van der Waals surface area contributed by atoms with E-state index < -0.39 is 10.8 Å². The third-order valence-corrected chi connectivity index (χ3v) is 4.29. The molecule has 6 nitrogen and oxygen atoms in total. The summed E-state index contributed by atoms with van der Waals surface area (Å²) < 4.78 is 5.20. The van der Waals surface area contributed by atoms with Crippen LogP contribution in [0.15, 0.2) is 54.6 Å². The minimum atomic E-state index is -0.614. The predicted octanol–water partition coefficient (Wildman–Crippen LogP) is 4.34. The SMILES string of the molecule is COc1ccc2cc(CNC(=O)c3ccc(Cl)c([N+](=O)[O-])c3)ccc2c1. The Bertz CT molecular complexity index is 1000. The topological polar surface area (TPSA) is 81.5 Å². The molecule has 0 unspecified atom stereocenters. The summed E-state index contributed by atoms with van der Waals surface area (Å²) in [4.78, 5) is 22.6. The van der Waals surface area contributed by atoms with E-state index in [9.17, 15) is 14.9 Å². The molecule has 1 amide bonds. The highest BCUT2D eigenvalue weighted by Gasteiger charge is 2.16. The average molecular weight is 371 g/mol. The van der Waals surface area contributed by atoms with Crippen LogP contribution in [0.2, 0.25) is 5.02 Å². The molecule has 0 heterocycles.